The summed E-state index contributed by atoms with van der Waals surface area (Å²) in [6, 6.07) is 9.98. The van der Waals surface area contributed by atoms with Crippen molar-refractivity contribution >= 4 is 17.2 Å². The van der Waals surface area contributed by atoms with E-state index in [1.807, 2.05) is 12.1 Å². The predicted octanol–water partition coefficient (Wildman–Crippen LogP) is 2.74. The van der Waals surface area contributed by atoms with Gasteiger partial charge in [-0.3, -0.25) is 10.1 Å². The maximum Gasteiger partial charge on any atom is 0.274 e. The first-order valence-electron chi connectivity index (χ1n) is 5.21. The zero-order valence-corrected chi connectivity index (χ0v) is 9.66. The van der Waals surface area contributed by atoms with E-state index in [0.717, 1.165) is 0 Å². The Morgan fingerprint density at radius 3 is 2.83 bits per heavy atom. The van der Waals surface area contributed by atoms with Crippen LogP contribution < -0.4 is 10.1 Å². The van der Waals surface area contributed by atoms with Crippen molar-refractivity contribution in [2.24, 2.45) is 0 Å². The number of anilines is 2. The number of ether oxygens (including phenoxy) is 1. The van der Waals surface area contributed by atoms with Crippen LogP contribution in [0.15, 0.2) is 42.6 Å². The summed E-state index contributed by atoms with van der Waals surface area (Å²) >= 11 is 0. The summed E-state index contributed by atoms with van der Waals surface area (Å²) < 4.78 is 5.17. The number of nitro groups is 1. The Kier molecular flexibility index (Phi) is 3.38. The highest BCUT2D eigenvalue weighted by atomic mass is 16.6. The number of pyridine rings is 1. The van der Waals surface area contributed by atoms with Gasteiger partial charge in [-0.15, -0.1) is 0 Å². The Hall–Kier alpha value is -2.63. The predicted molar refractivity (Wildman–Crippen MR) is 67.2 cm³/mol. The van der Waals surface area contributed by atoms with Gasteiger partial charge in [0.25, 0.3) is 5.69 Å². The highest BCUT2D eigenvalue weighted by molar-refractivity contribution is 5.65. The molecule has 0 aliphatic heterocycles. The second-order valence-electron chi connectivity index (χ2n) is 3.48. The van der Waals surface area contributed by atoms with Crippen LogP contribution in [0.25, 0.3) is 0 Å². The fourth-order valence-electron chi connectivity index (χ4n) is 1.49. The number of para-hydroxylation sites is 2. The Morgan fingerprint density at radius 2 is 2.11 bits per heavy atom. The number of hydrogen-bond donors (Lipinski definition) is 1. The third-order valence-electron chi connectivity index (χ3n) is 2.32. The standard InChI is InChI=1S/C12H11N3O3/c1-18-11-5-3-2-4-10(11)14-12-8-9(15(16)17)6-7-13-12/h2-8H,1H3,(H,13,14). The van der Waals surface area contributed by atoms with Gasteiger partial charge in [0.15, 0.2) is 0 Å². The SMILES string of the molecule is COc1ccccc1Nc1cc([N+](=O)[O-])ccn1. The number of aromatic nitrogens is 1. The van der Waals surface area contributed by atoms with E-state index in [2.05, 4.69) is 10.3 Å². The van der Waals surface area contributed by atoms with Crippen molar-refractivity contribution in [3.05, 3.63) is 52.7 Å². The van der Waals surface area contributed by atoms with Crippen LogP contribution in [0.2, 0.25) is 0 Å². The quantitative estimate of drug-likeness (QED) is 0.662. The maximum absolute atomic E-state index is 10.7. The van der Waals surface area contributed by atoms with E-state index < -0.39 is 4.92 Å². The van der Waals surface area contributed by atoms with Crippen LogP contribution in [0, 0.1) is 10.1 Å². The molecule has 0 unspecified atom stereocenters. The minimum absolute atomic E-state index is 0.0117. The molecule has 1 N–H and O–H groups in total. The summed E-state index contributed by atoms with van der Waals surface area (Å²) in [5.41, 5.74) is 0.690. The molecule has 6 nitrogen and oxygen atoms in total. The molecule has 1 aromatic heterocycles. The van der Waals surface area contributed by atoms with Crippen molar-refractivity contribution in [3.8, 4) is 5.75 Å². The van der Waals surface area contributed by atoms with Crippen molar-refractivity contribution < 1.29 is 9.66 Å². The molecule has 0 amide bonds. The van der Waals surface area contributed by atoms with Crippen LogP contribution in [0.5, 0.6) is 5.75 Å². The molecule has 0 fully saturated rings. The summed E-state index contributed by atoms with van der Waals surface area (Å²) in [6.45, 7) is 0. The molecule has 0 aliphatic carbocycles. The minimum atomic E-state index is -0.463. The summed E-state index contributed by atoms with van der Waals surface area (Å²) in [7, 11) is 1.56. The zero-order valence-electron chi connectivity index (χ0n) is 9.66. The first-order chi connectivity index (χ1) is 8.70. The lowest BCUT2D eigenvalue weighted by Gasteiger charge is -2.09. The van der Waals surface area contributed by atoms with Gasteiger partial charge in [-0.25, -0.2) is 4.98 Å². The molecule has 0 spiro atoms. The Balaban J connectivity index is 2.28. The summed E-state index contributed by atoms with van der Waals surface area (Å²) in [5.74, 6) is 1.04. The Bertz CT molecular complexity index is 572. The second-order valence-corrected chi connectivity index (χ2v) is 3.48. The molecule has 0 radical (unpaired) electrons. The van der Waals surface area contributed by atoms with E-state index in [0.29, 0.717) is 17.3 Å². The molecule has 0 bridgehead atoms. The van der Waals surface area contributed by atoms with Crippen molar-refractivity contribution in [2.75, 3.05) is 12.4 Å². The van der Waals surface area contributed by atoms with Crippen LogP contribution in [0.4, 0.5) is 17.2 Å². The van der Waals surface area contributed by atoms with Crippen LogP contribution in [-0.4, -0.2) is 17.0 Å². The molecule has 6 heteroatoms. The first kappa shape index (κ1) is 11.8. The number of benzene rings is 1. The Labute approximate surface area is 103 Å². The maximum atomic E-state index is 10.7. The molecule has 0 saturated heterocycles. The third-order valence-corrected chi connectivity index (χ3v) is 2.32. The topological polar surface area (TPSA) is 77.3 Å². The zero-order chi connectivity index (χ0) is 13.0. The normalized spacial score (nSPS) is 9.83. The molecule has 0 atom stereocenters. The van der Waals surface area contributed by atoms with Crippen LogP contribution in [-0.2, 0) is 0 Å². The molecule has 2 aromatic rings. The average Bonchev–Trinajstić information content (AvgIpc) is 2.39. The molecular weight excluding hydrogens is 234 g/mol. The highest BCUT2D eigenvalue weighted by Crippen LogP contribution is 2.27. The van der Waals surface area contributed by atoms with Crippen LogP contribution >= 0.6 is 0 Å². The van der Waals surface area contributed by atoms with Crippen LogP contribution in [0.1, 0.15) is 0 Å². The summed E-state index contributed by atoms with van der Waals surface area (Å²) in [6.07, 6.45) is 1.38. The molecule has 2 rings (SSSR count). The van der Waals surface area contributed by atoms with Crippen molar-refractivity contribution in [2.45, 2.75) is 0 Å². The van der Waals surface area contributed by atoms with Gasteiger partial charge in [0.2, 0.25) is 0 Å². The fraction of sp³-hybridized carbons (Fsp3) is 0.0833. The van der Waals surface area contributed by atoms with Gasteiger partial charge < -0.3 is 10.1 Å². The third kappa shape index (κ3) is 2.54. The van der Waals surface area contributed by atoms with E-state index >= 15 is 0 Å². The van der Waals surface area contributed by atoms with Gasteiger partial charge >= 0.3 is 0 Å². The lowest BCUT2D eigenvalue weighted by Crippen LogP contribution is -1.97. The first-order valence-corrected chi connectivity index (χ1v) is 5.21. The monoisotopic (exact) mass is 245 g/mol. The lowest BCUT2D eigenvalue weighted by molar-refractivity contribution is -0.384. The largest absolute Gasteiger partial charge is 0.495 e. The second kappa shape index (κ2) is 5.13. The van der Waals surface area contributed by atoms with Gasteiger partial charge in [-0.1, -0.05) is 12.1 Å². The number of nitrogens with one attached hydrogen (secondary N) is 1. The van der Waals surface area contributed by atoms with E-state index in [9.17, 15) is 10.1 Å². The van der Waals surface area contributed by atoms with Gasteiger partial charge in [0.1, 0.15) is 11.6 Å². The van der Waals surface area contributed by atoms with Gasteiger partial charge in [-0.05, 0) is 12.1 Å². The van der Waals surface area contributed by atoms with Gasteiger partial charge in [-0.2, -0.15) is 0 Å². The average molecular weight is 245 g/mol. The number of hydrogen-bond acceptors (Lipinski definition) is 5. The van der Waals surface area contributed by atoms with E-state index in [4.69, 9.17) is 4.74 Å². The van der Waals surface area contributed by atoms with Gasteiger partial charge in [0.05, 0.1) is 23.8 Å². The van der Waals surface area contributed by atoms with E-state index in [1.54, 1.807) is 19.2 Å². The van der Waals surface area contributed by atoms with Crippen molar-refractivity contribution in [1.29, 1.82) is 0 Å². The number of nitrogens with zero attached hydrogens (tertiary/aromatic N) is 2. The summed E-state index contributed by atoms with van der Waals surface area (Å²) in [5, 5.41) is 13.6. The van der Waals surface area contributed by atoms with E-state index in [-0.39, 0.29) is 5.69 Å². The van der Waals surface area contributed by atoms with Gasteiger partial charge in [0, 0.05) is 12.3 Å². The molecule has 1 aromatic carbocycles. The number of rotatable bonds is 4. The molecule has 0 saturated carbocycles. The Morgan fingerprint density at radius 1 is 1.33 bits per heavy atom. The fourth-order valence-corrected chi connectivity index (χ4v) is 1.49. The van der Waals surface area contributed by atoms with E-state index in [1.165, 1.54) is 18.3 Å². The van der Waals surface area contributed by atoms with Crippen LogP contribution in [0.3, 0.4) is 0 Å². The summed E-state index contributed by atoms with van der Waals surface area (Å²) in [4.78, 5) is 14.2. The van der Waals surface area contributed by atoms with Crippen molar-refractivity contribution in [3.63, 3.8) is 0 Å². The molecular formula is C12H11N3O3. The minimum Gasteiger partial charge on any atom is -0.495 e. The number of methoxy groups -OCH3 is 1. The molecule has 92 valence electrons. The highest BCUT2D eigenvalue weighted by Gasteiger charge is 2.08. The molecule has 0 aliphatic rings. The van der Waals surface area contributed by atoms with Crippen molar-refractivity contribution in [1.82, 2.24) is 4.98 Å². The lowest BCUT2D eigenvalue weighted by atomic mass is 10.3. The molecule has 1 heterocycles. The molecule has 18 heavy (non-hydrogen) atoms. The smallest absolute Gasteiger partial charge is 0.274 e.